The molecule has 3 N–H and O–H groups in total. The first-order chi connectivity index (χ1) is 7.82. The molecule has 0 aliphatic heterocycles. The maximum atomic E-state index is 11.4. The number of ether oxygens (including phenoxy) is 1. The number of nitrogens with one attached hydrogen (secondary N) is 2. The van der Waals surface area contributed by atoms with Crippen molar-refractivity contribution in [1.82, 2.24) is 10.6 Å². The number of carboxylic acid groups (broad SMARTS) is 1. The summed E-state index contributed by atoms with van der Waals surface area (Å²) in [6, 6.07) is 0. The van der Waals surface area contributed by atoms with E-state index in [2.05, 4.69) is 10.6 Å². The van der Waals surface area contributed by atoms with Gasteiger partial charge in [-0.15, -0.1) is 0 Å². The molecular formula is C10H18N2O5. The van der Waals surface area contributed by atoms with Crippen LogP contribution in [0, 0.1) is 5.41 Å². The van der Waals surface area contributed by atoms with Gasteiger partial charge >= 0.3 is 5.97 Å². The molecule has 0 saturated carbocycles. The van der Waals surface area contributed by atoms with Crippen LogP contribution in [0.3, 0.4) is 0 Å². The Kier molecular flexibility index (Phi) is 6.19. The molecule has 17 heavy (non-hydrogen) atoms. The topological polar surface area (TPSA) is 105 Å². The number of hydrogen-bond donors (Lipinski definition) is 3. The fourth-order valence-corrected chi connectivity index (χ4v) is 0.834. The van der Waals surface area contributed by atoms with Crippen LogP contribution in [-0.4, -0.2) is 49.7 Å². The smallest absolute Gasteiger partial charge is 0.318 e. The van der Waals surface area contributed by atoms with E-state index in [9.17, 15) is 14.4 Å². The van der Waals surface area contributed by atoms with Crippen molar-refractivity contribution in [3.05, 3.63) is 0 Å². The molecule has 2 amide bonds. The average Bonchev–Trinajstić information content (AvgIpc) is 2.25. The van der Waals surface area contributed by atoms with Gasteiger partial charge in [0.2, 0.25) is 11.8 Å². The quantitative estimate of drug-likeness (QED) is 0.394. The molecule has 0 aliphatic carbocycles. The van der Waals surface area contributed by atoms with Gasteiger partial charge in [0, 0.05) is 13.7 Å². The average molecular weight is 246 g/mol. The third-order valence-electron chi connectivity index (χ3n) is 2.14. The summed E-state index contributed by atoms with van der Waals surface area (Å²) in [7, 11) is 1.50. The lowest BCUT2D eigenvalue weighted by Crippen LogP contribution is -2.46. The van der Waals surface area contributed by atoms with E-state index >= 15 is 0 Å². The molecule has 0 aromatic heterocycles. The molecule has 0 bridgehead atoms. The molecule has 0 unspecified atom stereocenters. The lowest BCUT2D eigenvalue weighted by atomic mass is 9.93. The molecule has 0 fully saturated rings. The molecule has 0 aromatic rings. The molecule has 0 rings (SSSR count). The summed E-state index contributed by atoms with van der Waals surface area (Å²) < 4.78 is 4.72. The van der Waals surface area contributed by atoms with Gasteiger partial charge in [0.05, 0.1) is 13.2 Å². The molecule has 0 aromatic carbocycles. The Bertz CT molecular complexity index is 301. The molecule has 7 heteroatoms. The molecular weight excluding hydrogens is 228 g/mol. The molecule has 0 atom stereocenters. The highest BCUT2D eigenvalue weighted by Crippen LogP contribution is 2.14. The zero-order chi connectivity index (χ0) is 13.5. The van der Waals surface area contributed by atoms with Crippen LogP contribution in [0.4, 0.5) is 0 Å². The van der Waals surface area contributed by atoms with Crippen LogP contribution in [-0.2, 0) is 19.1 Å². The van der Waals surface area contributed by atoms with E-state index in [1.807, 2.05) is 0 Å². The lowest BCUT2D eigenvalue weighted by molar-refractivity contribution is -0.153. The van der Waals surface area contributed by atoms with E-state index in [0.717, 1.165) is 0 Å². The van der Waals surface area contributed by atoms with Gasteiger partial charge in [-0.25, -0.2) is 0 Å². The van der Waals surface area contributed by atoms with Crippen molar-refractivity contribution in [3.63, 3.8) is 0 Å². The Morgan fingerprint density at radius 2 is 1.82 bits per heavy atom. The number of carbonyl (C=O) groups excluding carboxylic acids is 2. The number of methoxy groups -OCH3 is 1. The minimum absolute atomic E-state index is 0.251. The highest BCUT2D eigenvalue weighted by molar-refractivity contribution is 6.02. The van der Waals surface area contributed by atoms with Crippen molar-refractivity contribution in [2.24, 2.45) is 5.41 Å². The first kappa shape index (κ1) is 15.4. The second kappa shape index (κ2) is 6.85. The van der Waals surface area contributed by atoms with Crippen LogP contribution in [0.15, 0.2) is 0 Å². The molecule has 0 saturated heterocycles. The summed E-state index contributed by atoms with van der Waals surface area (Å²) in [5.41, 5.74) is -1.55. The van der Waals surface area contributed by atoms with Crippen molar-refractivity contribution in [1.29, 1.82) is 0 Å². The number of carboxylic acids is 1. The Labute approximate surface area is 99.5 Å². The molecule has 0 heterocycles. The third-order valence-corrected chi connectivity index (χ3v) is 2.14. The van der Waals surface area contributed by atoms with Gasteiger partial charge in [0.1, 0.15) is 5.41 Å². The minimum Gasteiger partial charge on any atom is -0.480 e. The summed E-state index contributed by atoms with van der Waals surface area (Å²) >= 11 is 0. The summed E-state index contributed by atoms with van der Waals surface area (Å²) in [6.45, 7) is 3.01. The monoisotopic (exact) mass is 246 g/mol. The van der Waals surface area contributed by atoms with E-state index in [1.165, 1.54) is 21.0 Å². The van der Waals surface area contributed by atoms with Gasteiger partial charge in [-0.3, -0.25) is 14.4 Å². The predicted molar refractivity (Wildman–Crippen MR) is 59.3 cm³/mol. The Balaban J connectivity index is 4.00. The molecule has 0 radical (unpaired) electrons. The van der Waals surface area contributed by atoms with Crippen LogP contribution in [0.2, 0.25) is 0 Å². The summed E-state index contributed by atoms with van der Waals surface area (Å²) in [5.74, 6) is -2.33. The van der Waals surface area contributed by atoms with Crippen molar-refractivity contribution in [3.8, 4) is 0 Å². The minimum atomic E-state index is -1.55. The van der Waals surface area contributed by atoms with Gasteiger partial charge in [-0.1, -0.05) is 0 Å². The summed E-state index contributed by atoms with van der Waals surface area (Å²) in [4.78, 5) is 33.4. The van der Waals surface area contributed by atoms with Crippen LogP contribution < -0.4 is 10.6 Å². The van der Waals surface area contributed by atoms with Crippen LogP contribution in [0.25, 0.3) is 0 Å². The largest absolute Gasteiger partial charge is 0.480 e. The summed E-state index contributed by atoms with van der Waals surface area (Å²) in [5, 5.41) is 13.5. The predicted octanol–water partition coefficient (Wildman–Crippen LogP) is -1.02. The van der Waals surface area contributed by atoms with E-state index in [-0.39, 0.29) is 6.54 Å². The molecule has 7 nitrogen and oxygen atoms in total. The van der Waals surface area contributed by atoms with Crippen LogP contribution in [0.1, 0.15) is 13.8 Å². The van der Waals surface area contributed by atoms with Crippen molar-refractivity contribution >= 4 is 17.8 Å². The van der Waals surface area contributed by atoms with Crippen molar-refractivity contribution < 1.29 is 24.2 Å². The van der Waals surface area contributed by atoms with Crippen molar-refractivity contribution in [2.45, 2.75) is 13.8 Å². The highest BCUT2D eigenvalue weighted by Gasteiger charge is 2.35. The van der Waals surface area contributed by atoms with Gasteiger partial charge in [-0.05, 0) is 13.8 Å². The van der Waals surface area contributed by atoms with Gasteiger partial charge in [-0.2, -0.15) is 0 Å². The van der Waals surface area contributed by atoms with Crippen LogP contribution in [0.5, 0.6) is 0 Å². The second-order valence-electron chi connectivity index (χ2n) is 3.96. The normalized spacial score (nSPS) is 10.8. The van der Waals surface area contributed by atoms with E-state index in [4.69, 9.17) is 9.84 Å². The SMILES string of the molecule is COCCNC(=O)CNC(=O)C(C)(C)C(=O)O. The number of aliphatic carboxylic acids is 1. The number of rotatable bonds is 7. The molecule has 0 spiro atoms. The zero-order valence-electron chi connectivity index (χ0n) is 10.2. The van der Waals surface area contributed by atoms with Gasteiger partial charge < -0.3 is 20.5 Å². The zero-order valence-corrected chi connectivity index (χ0v) is 10.2. The second-order valence-corrected chi connectivity index (χ2v) is 3.96. The van der Waals surface area contributed by atoms with Gasteiger partial charge in [0.25, 0.3) is 0 Å². The molecule has 0 aliphatic rings. The van der Waals surface area contributed by atoms with E-state index < -0.39 is 23.2 Å². The maximum Gasteiger partial charge on any atom is 0.318 e. The number of amides is 2. The van der Waals surface area contributed by atoms with Crippen molar-refractivity contribution in [2.75, 3.05) is 26.8 Å². The molecule has 98 valence electrons. The Morgan fingerprint density at radius 3 is 2.29 bits per heavy atom. The fraction of sp³-hybridized carbons (Fsp3) is 0.700. The standard InChI is InChI=1S/C10H18N2O5/c1-10(2,9(15)16)8(14)12-6-7(13)11-4-5-17-3/h4-6H2,1-3H3,(H,11,13)(H,12,14)(H,15,16). The van der Waals surface area contributed by atoms with E-state index in [0.29, 0.717) is 13.2 Å². The first-order valence-corrected chi connectivity index (χ1v) is 5.09. The Morgan fingerprint density at radius 1 is 1.24 bits per heavy atom. The highest BCUT2D eigenvalue weighted by atomic mass is 16.5. The Hall–Kier alpha value is -1.63. The number of hydrogen-bond acceptors (Lipinski definition) is 4. The van der Waals surface area contributed by atoms with Gasteiger partial charge in [0.15, 0.2) is 0 Å². The fourth-order valence-electron chi connectivity index (χ4n) is 0.834. The lowest BCUT2D eigenvalue weighted by Gasteiger charge is -2.18. The van der Waals surface area contributed by atoms with E-state index in [1.54, 1.807) is 0 Å². The third kappa shape index (κ3) is 5.30. The maximum absolute atomic E-state index is 11.4. The first-order valence-electron chi connectivity index (χ1n) is 5.09. The van der Waals surface area contributed by atoms with Crippen LogP contribution >= 0.6 is 0 Å². The summed E-state index contributed by atoms with van der Waals surface area (Å²) in [6.07, 6.45) is 0. The number of carbonyl (C=O) groups is 3.